The van der Waals surface area contributed by atoms with Gasteiger partial charge < -0.3 is 54.5 Å². The number of unbranched alkanes of at least 4 members (excludes halogenated alkanes) is 2. The number of hydrogen-bond donors (Lipinski definition) is 6. The zero-order valence-electron chi connectivity index (χ0n) is 23.9. The SMILES string of the molecule is CC[C@@H](OC(=O)CCCCCc1ccccc1)[C@@H](O)[C@H](COC1OC(CO)C(O)C(O)C1O)NC(=O)OCOC(C)=O. The van der Waals surface area contributed by atoms with E-state index in [0.717, 1.165) is 26.2 Å². The lowest BCUT2D eigenvalue weighted by Gasteiger charge is -2.40. The van der Waals surface area contributed by atoms with Gasteiger partial charge in [-0.3, -0.25) is 9.59 Å². The third-order valence-corrected chi connectivity index (χ3v) is 6.71. The Balaban J connectivity index is 1.96. The van der Waals surface area contributed by atoms with E-state index >= 15 is 0 Å². The molecule has 0 aliphatic carbocycles. The van der Waals surface area contributed by atoms with Crippen molar-refractivity contribution in [3.05, 3.63) is 35.9 Å². The Morgan fingerprint density at radius 2 is 1.71 bits per heavy atom. The largest absolute Gasteiger partial charge is 0.460 e. The summed E-state index contributed by atoms with van der Waals surface area (Å²) < 4.78 is 25.6. The molecular formula is C28H43NO13. The average molecular weight is 602 g/mol. The molecule has 0 radical (unpaired) electrons. The summed E-state index contributed by atoms with van der Waals surface area (Å²) in [5.74, 6) is -1.23. The molecule has 0 spiro atoms. The Morgan fingerprint density at radius 3 is 2.36 bits per heavy atom. The summed E-state index contributed by atoms with van der Waals surface area (Å²) in [4.78, 5) is 35.8. The molecule has 42 heavy (non-hydrogen) atoms. The molecule has 0 bridgehead atoms. The zero-order chi connectivity index (χ0) is 31.1. The Labute approximate surface area is 244 Å². The molecule has 1 aliphatic heterocycles. The molecule has 1 aromatic rings. The number of esters is 2. The van der Waals surface area contributed by atoms with Crippen LogP contribution < -0.4 is 5.32 Å². The van der Waals surface area contributed by atoms with Gasteiger partial charge >= 0.3 is 18.0 Å². The highest BCUT2D eigenvalue weighted by molar-refractivity contribution is 5.70. The molecular weight excluding hydrogens is 558 g/mol. The van der Waals surface area contributed by atoms with E-state index in [1.807, 2.05) is 30.3 Å². The van der Waals surface area contributed by atoms with Gasteiger partial charge in [0.2, 0.25) is 6.79 Å². The van der Waals surface area contributed by atoms with Crippen molar-refractivity contribution in [1.82, 2.24) is 5.32 Å². The second kappa shape index (κ2) is 18.6. The Kier molecular flexibility index (Phi) is 15.7. The molecule has 1 heterocycles. The number of alkyl carbamates (subject to hydrolysis) is 1. The number of aliphatic hydroxyl groups excluding tert-OH is 5. The molecule has 0 aromatic heterocycles. The highest BCUT2D eigenvalue weighted by Crippen LogP contribution is 2.23. The molecule has 238 valence electrons. The fourth-order valence-electron chi connectivity index (χ4n) is 4.29. The highest BCUT2D eigenvalue weighted by atomic mass is 16.7. The van der Waals surface area contributed by atoms with Crippen LogP contribution in [-0.2, 0) is 39.7 Å². The molecule has 5 unspecified atom stereocenters. The number of rotatable bonds is 17. The van der Waals surface area contributed by atoms with Gasteiger partial charge in [-0.2, -0.15) is 0 Å². The van der Waals surface area contributed by atoms with E-state index in [9.17, 15) is 39.9 Å². The van der Waals surface area contributed by atoms with Crippen molar-refractivity contribution in [3.63, 3.8) is 0 Å². The minimum Gasteiger partial charge on any atom is -0.460 e. The number of ether oxygens (including phenoxy) is 5. The molecule has 14 heteroatoms. The van der Waals surface area contributed by atoms with Crippen molar-refractivity contribution >= 4 is 18.0 Å². The van der Waals surface area contributed by atoms with Crippen LogP contribution in [0, 0.1) is 0 Å². The lowest BCUT2D eigenvalue weighted by molar-refractivity contribution is -0.303. The molecule has 0 saturated carbocycles. The first kappa shape index (κ1) is 35.3. The second-order valence-electron chi connectivity index (χ2n) is 9.94. The summed E-state index contributed by atoms with van der Waals surface area (Å²) in [6, 6.07) is 8.68. The van der Waals surface area contributed by atoms with Crippen LogP contribution in [0.5, 0.6) is 0 Å². The lowest BCUT2D eigenvalue weighted by atomic mass is 9.99. The van der Waals surface area contributed by atoms with Gasteiger partial charge in [-0.1, -0.05) is 43.7 Å². The molecule has 2 rings (SSSR count). The van der Waals surface area contributed by atoms with E-state index in [1.165, 1.54) is 5.56 Å². The Bertz CT molecular complexity index is 947. The van der Waals surface area contributed by atoms with Crippen LogP contribution in [0.3, 0.4) is 0 Å². The summed E-state index contributed by atoms with van der Waals surface area (Å²) in [6.45, 7) is 0.854. The lowest BCUT2D eigenvalue weighted by Crippen LogP contribution is -2.60. The van der Waals surface area contributed by atoms with E-state index in [-0.39, 0.29) is 12.8 Å². The van der Waals surface area contributed by atoms with Gasteiger partial charge in [-0.05, 0) is 31.2 Å². The maximum Gasteiger partial charge on any atom is 0.410 e. The summed E-state index contributed by atoms with van der Waals surface area (Å²) in [7, 11) is 0. The average Bonchev–Trinajstić information content (AvgIpc) is 2.97. The number of nitrogens with one attached hydrogen (secondary N) is 1. The number of benzene rings is 1. The third-order valence-electron chi connectivity index (χ3n) is 6.71. The van der Waals surface area contributed by atoms with Crippen LogP contribution in [-0.4, -0.2) is 113 Å². The summed E-state index contributed by atoms with van der Waals surface area (Å²) in [6.07, 6.45) is -8.05. The number of hydrogen-bond acceptors (Lipinski definition) is 13. The summed E-state index contributed by atoms with van der Waals surface area (Å²) in [5.41, 5.74) is 1.21. The van der Waals surface area contributed by atoms with Crippen LogP contribution >= 0.6 is 0 Å². The van der Waals surface area contributed by atoms with Crippen molar-refractivity contribution in [1.29, 1.82) is 0 Å². The molecule has 1 aromatic carbocycles. The van der Waals surface area contributed by atoms with E-state index in [1.54, 1.807) is 6.92 Å². The van der Waals surface area contributed by atoms with E-state index in [2.05, 4.69) is 10.1 Å². The molecule has 1 amide bonds. The van der Waals surface area contributed by atoms with Crippen molar-refractivity contribution in [2.24, 2.45) is 0 Å². The Morgan fingerprint density at radius 1 is 1.00 bits per heavy atom. The van der Waals surface area contributed by atoms with Crippen molar-refractivity contribution in [3.8, 4) is 0 Å². The van der Waals surface area contributed by atoms with Gasteiger partial charge in [0, 0.05) is 13.3 Å². The van der Waals surface area contributed by atoms with Crippen molar-refractivity contribution in [2.75, 3.05) is 20.0 Å². The van der Waals surface area contributed by atoms with Gasteiger partial charge in [-0.15, -0.1) is 0 Å². The van der Waals surface area contributed by atoms with Crippen LogP contribution in [0.2, 0.25) is 0 Å². The number of aryl methyl sites for hydroxylation is 1. The van der Waals surface area contributed by atoms with Gasteiger partial charge in [0.25, 0.3) is 0 Å². The highest BCUT2D eigenvalue weighted by Gasteiger charge is 2.44. The van der Waals surface area contributed by atoms with E-state index < -0.39 is 87.0 Å². The predicted octanol–water partition coefficient (Wildman–Crippen LogP) is -0.0959. The van der Waals surface area contributed by atoms with E-state index in [4.69, 9.17) is 18.9 Å². The van der Waals surface area contributed by atoms with Crippen LogP contribution in [0.15, 0.2) is 30.3 Å². The van der Waals surface area contributed by atoms with Crippen LogP contribution in [0.1, 0.15) is 51.5 Å². The fourth-order valence-corrected chi connectivity index (χ4v) is 4.29. The molecule has 14 nitrogen and oxygen atoms in total. The van der Waals surface area contributed by atoms with Crippen LogP contribution in [0.25, 0.3) is 0 Å². The first-order valence-corrected chi connectivity index (χ1v) is 14.0. The summed E-state index contributed by atoms with van der Waals surface area (Å²) >= 11 is 0. The van der Waals surface area contributed by atoms with Crippen molar-refractivity contribution in [2.45, 2.75) is 101 Å². The predicted molar refractivity (Wildman–Crippen MR) is 145 cm³/mol. The minimum absolute atomic E-state index is 0.127. The molecule has 1 fully saturated rings. The monoisotopic (exact) mass is 601 g/mol. The number of carbonyl (C=O) groups is 3. The molecule has 1 saturated heterocycles. The Hall–Kier alpha value is -2.85. The van der Waals surface area contributed by atoms with Gasteiger partial charge in [-0.25, -0.2) is 4.79 Å². The normalized spacial score (nSPS) is 24.2. The maximum atomic E-state index is 12.5. The maximum absolute atomic E-state index is 12.5. The second-order valence-corrected chi connectivity index (χ2v) is 9.94. The zero-order valence-corrected chi connectivity index (χ0v) is 23.9. The van der Waals surface area contributed by atoms with Gasteiger partial charge in [0.1, 0.15) is 36.6 Å². The van der Waals surface area contributed by atoms with Gasteiger partial charge in [0.15, 0.2) is 6.29 Å². The van der Waals surface area contributed by atoms with Crippen molar-refractivity contribution < 1.29 is 63.6 Å². The summed E-state index contributed by atoms with van der Waals surface area (Å²) in [5, 5.41) is 53.0. The first-order chi connectivity index (χ1) is 20.1. The first-order valence-electron chi connectivity index (χ1n) is 14.0. The van der Waals surface area contributed by atoms with Crippen LogP contribution in [0.4, 0.5) is 4.79 Å². The van der Waals surface area contributed by atoms with E-state index in [0.29, 0.717) is 6.42 Å². The van der Waals surface area contributed by atoms with Gasteiger partial charge in [0.05, 0.1) is 19.3 Å². The quantitative estimate of drug-likeness (QED) is 0.0784. The molecule has 6 N–H and O–H groups in total. The number of aliphatic hydroxyl groups is 5. The third kappa shape index (κ3) is 11.8. The number of carbonyl (C=O) groups excluding carboxylic acids is 3. The standard InChI is InChI=1S/C28H43NO13/c1-3-20(41-22(32)13-9-5-8-12-18-10-6-4-7-11-18)23(33)19(29-28(37)40-16-39-17(2)31)15-38-27-26(36)25(35)24(34)21(14-30)42-27/h4,6-7,10-11,19-21,23-27,30,33-36H,3,5,8-9,12-16H2,1-2H3,(H,29,37)/t19-,20+,21?,23-,24?,25?,26?,27?/m0/s1. The fraction of sp³-hybridized carbons (Fsp3) is 0.679. The molecule has 8 atom stereocenters. The minimum atomic E-state index is -1.72. The topological polar surface area (TPSA) is 211 Å². The number of amides is 1. The smallest absolute Gasteiger partial charge is 0.410 e. The molecule has 1 aliphatic rings.